The summed E-state index contributed by atoms with van der Waals surface area (Å²) in [6.07, 6.45) is 6.60. The molecule has 0 radical (unpaired) electrons. The molecule has 0 spiro atoms. The molecule has 1 fully saturated rings. The van der Waals surface area contributed by atoms with E-state index in [4.69, 9.17) is 12.2 Å². The maximum absolute atomic E-state index is 4.83. The molecule has 0 saturated heterocycles. The maximum Gasteiger partial charge on any atom is 1.00 e. The summed E-state index contributed by atoms with van der Waals surface area (Å²) in [7, 11) is 0. The third-order valence-electron chi connectivity index (χ3n) is 1.93. The van der Waals surface area contributed by atoms with Crippen LogP contribution in [0.2, 0.25) is 0 Å². The van der Waals surface area contributed by atoms with Crippen molar-refractivity contribution in [2.45, 2.75) is 38.1 Å². The zero-order valence-electron chi connectivity index (χ0n) is 6.97. The van der Waals surface area contributed by atoms with Gasteiger partial charge >= 0.3 is 29.6 Å². The van der Waals surface area contributed by atoms with E-state index in [0.717, 1.165) is 0 Å². The summed E-state index contributed by atoms with van der Waals surface area (Å²) in [6.45, 7) is 0. The normalized spacial score (nSPS) is 18.6. The fraction of sp³-hybridized carbons (Fsp3) is 0.857. The number of hydrogen-bond acceptors (Lipinski definition) is 1. The number of hydrogen-bond donors (Lipinski definition) is 2. The molecule has 0 heterocycles. The molecule has 1 aliphatic rings. The second kappa shape index (κ2) is 6.72. The average molecular weight is 198 g/mol. The molecule has 0 unspecified atom stereocenters. The van der Waals surface area contributed by atoms with E-state index >= 15 is 0 Å². The minimum atomic E-state index is 0. The Balaban J connectivity index is 0.000001000. The largest absolute Gasteiger partial charge is 1.00 e. The Morgan fingerprint density at radius 2 is 1.82 bits per heavy atom. The number of thiocarbonyl (C=S) groups is 1. The van der Waals surface area contributed by atoms with E-state index in [2.05, 4.69) is 17.9 Å². The molecule has 1 saturated carbocycles. The molecule has 0 aliphatic heterocycles. The van der Waals surface area contributed by atoms with E-state index in [1.807, 2.05) is 0 Å². The van der Waals surface area contributed by atoms with Gasteiger partial charge in [-0.1, -0.05) is 31.5 Å². The Labute approximate surface area is 101 Å². The smallest absolute Gasteiger partial charge is 0.368 e. The zero-order chi connectivity index (χ0) is 7.40. The van der Waals surface area contributed by atoms with E-state index in [1.54, 1.807) is 0 Å². The minimum Gasteiger partial charge on any atom is -0.368 e. The van der Waals surface area contributed by atoms with Crippen molar-refractivity contribution in [1.82, 2.24) is 5.32 Å². The van der Waals surface area contributed by atoms with Crippen molar-refractivity contribution < 1.29 is 29.6 Å². The van der Waals surface area contributed by atoms with Crippen LogP contribution in [0.15, 0.2) is 0 Å². The van der Waals surface area contributed by atoms with Gasteiger partial charge in [-0.2, -0.15) is 0 Å². The van der Waals surface area contributed by atoms with Crippen molar-refractivity contribution in [2.75, 3.05) is 0 Å². The first-order chi connectivity index (χ1) is 4.79. The molecule has 0 aromatic heterocycles. The summed E-state index contributed by atoms with van der Waals surface area (Å²) < 4.78 is 0.645. The molecular formula is C7H13NNaS2+. The third-order valence-corrected chi connectivity index (χ3v) is 2.18. The predicted molar refractivity (Wildman–Crippen MR) is 51.6 cm³/mol. The first-order valence-electron chi connectivity index (χ1n) is 3.78. The predicted octanol–water partition coefficient (Wildman–Crippen LogP) is -0.873. The van der Waals surface area contributed by atoms with Crippen LogP contribution < -0.4 is 34.9 Å². The Morgan fingerprint density at radius 1 is 1.27 bits per heavy atom. The van der Waals surface area contributed by atoms with Crippen LogP contribution in [0.5, 0.6) is 0 Å². The molecule has 0 aromatic carbocycles. The molecular weight excluding hydrogens is 185 g/mol. The first kappa shape index (κ1) is 12.2. The summed E-state index contributed by atoms with van der Waals surface area (Å²) in [4.78, 5) is 0. The van der Waals surface area contributed by atoms with Gasteiger partial charge in [0, 0.05) is 6.04 Å². The minimum absolute atomic E-state index is 0. The third kappa shape index (κ3) is 5.47. The molecule has 1 N–H and O–H groups in total. The van der Waals surface area contributed by atoms with Gasteiger partial charge in [0.15, 0.2) is 0 Å². The molecule has 0 aromatic rings. The van der Waals surface area contributed by atoms with Crippen molar-refractivity contribution in [3.8, 4) is 0 Å². The van der Waals surface area contributed by atoms with Crippen molar-refractivity contribution in [3.63, 3.8) is 0 Å². The number of rotatable bonds is 1. The van der Waals surface area contributed by atoms with Gasteiger partial charge in [0.1, 0.15) is 4.32 Å². The summed E-state index contributed by atoms with van der Waals surface area (Å²) in [6, 6.07) is 0.610. The molecule has 1 rings (SSSR count). The summed E-state index contributed by atoms with van der Waals surface area (Å²) in [5.41, 5.74) is 0. The molecule has 1 nitrogen and oxygen atoms in total. The van der Waals surface area contributed by atoms with Crippen molar-refractivity contribution >= 4 is 29.2 Å². The number of thiol groups is 1. The van der Waals surface area contributed by atoms with E-state index < -0.39 is 0 Å². The SMILES string of the molecule is S=C(S)NC1CCCCC1.[Na+]. The van der Waals surface area contributed by atoms with Crippen LogP contribution in [-0.4, -0.2) is 10.4 Å². The monoisotopic (exact) mass is 198 g/mol. The Hall–Kier alpha value is 1.24. The maximum atomic E-state index is 4.83. The van der Waals surface area contributed by atoms with E-state index in [9.17, 15) is 0 Å². The van der Waals surface area contributed by atoms with Crippen LogP contribution >= 0.6 is 24.8 Å². The summed E-state index contributed by atoms with van der Waals surface area (Å²) in [5, 5.41) is 3.18. The zero-order valence-corrected chi connectivity index (χ0v) is 10.7. The van der Waals surface area contributed by atoms with Crippen LogP contribution in [0.1, 0.15) is 32.1 Å². The summed E-state index contributed by atoms with van der Waals surface area (Å²) in [5.74, 6) is 0. The van der Waals surface area contributed by atoms with Gasteiger partial charge in [-0.15, -0.1) is 12.6 Å². The fourth-order valence-corrected chi connectivity index (χ4v) is 1.77. The molecule has 4 heteroatoms. The Morgan fingerprint density at radius 3 is 2.27 bits per heavy atom. The van der Waals surface area contributed by atoms with E-state index in [-0.39, 0.29) is 29.6 Å². The van der Waals surface area contributed by atoms with Gasteiger partial charge in [0.2, 0.25) is 0 Å². The Kier molecular flexibility index (Phi) is 7.48. The van der Waals surface area contributed by atoms with Gasteiger partial charge in [-0.05, 0) is 12.8 Å². The molecule has 0 bridgehead atoms. The Bertz CT molecular complexity index is 124. The van der Waals surface area contributed by atoms with Crippen LogP contribution in [0, 0.1) is 0 Å². The van der Waals surface area contributed by atoms with Crippen LogP contribution in [-0.2, 0) is 0 Å². The molecule has 1 aliphatic carbocycles. The standard InChI is InChI=1S/C7H13NS2.Na/c9-7(10)8-6-4-2-1-3-5-6;/h6H,1-5H2,(H2,8,9,10);/q;+1. The van der Waals surface area contributed by atoms with E-state index in [1.165, 1.54) is 32.1 Å². The second-order valence-corrected chi connectivity index (χ2v) is 3.94. The first-order valence-corrected chi connectivity index (χ1v) is 4.64. The summed E-state index contributed by atoms with van der Waals surface area (Å²) >= 11 is 8.86. The second-order valence-electron chi connectivity index (χ2n) is 2.78. The molecule has 58 valence electrons. The van der Waals surface area contributed by atoms with Gasteiger partial charge in [-0.3, -0.25) is 0 Å². The topological polar surface area (TPSA) is 12.0 Å². The number of nitrogens with one attached hydrogen (secondary N) is 1. The van der Waals surface area contributed by atoms with Crippen molar-refractivity contribution in [2.24, 2.45) is 0 Å². The molecule has 11 heavy (non-hydrogen) atoms. The van der Waals surface area contributed by atoms with Crippen LogP contribution in [0.4, 0.5) is 0 Å². The van der Waals surface area contributed by atoms with Crippen molar-refractivity contribution in [3.05, 3.63) is 0 Å². The van der Waals surface area contributed by atoms with Gasteiger partial charge < -0.3 is 5.32 Å². The van der Waals surface area contributed by atoms with Gasteiger partial charge in [0.25, 0.3) is 0 Å². The quantitative estimate of drug-likeness (QED) is 0.323. The van der Waals surface area contributed by atoms with Crippen LogP contribution in [0.3, 0.4) is 0 Å². The van der Waals surface area contributed by atoms with E-state index in [0.29, 0.717) is 10.4 Å². The van der Waals surface area contributed by atoms with Gasteiger partial charge in [0.05, 0.1) is 0 Å². The van der Waals surface area contributed by atoms with Gasteiger partial charge in [-0.25, -0.2) is 0 Å². The average Bonchev–Trinajstić information content (AvgIpc) is 1.88. The molecule has 0 atom stereocenters. The fourth-order valence-electron chi connectivity index (χ4n) is 1.42. The molecule has 0 amide bonds. The van der Waals surface area contributed by atoms with Crippen LogP contribution in [0.25, 0.3) is 0 Å². The van der Waals surface area contributed by atoms with Crippen molar-refractivity contribution in [1.29, 1.82) is 0 Å².